The van der Waals surface area contributed by atoms with Gasteiger partial charge in [-0.2, -0.15) is 0 Å². The van der Waals surface area contributed by atoms with E-state index in [1.165, 1.54) is 55.3 Å². The highest BCUT2D eigenvalue weighted by atomic mass is 14.9. The molecule has 0 N–H and O–H groups in total. The minimum absolute atomic E-state index is 0.0954. The number of fused-ring (bicyclic) bond motifs is 11. The number of nitrogens with zero attached hydrogens (tertiary/aromatic N) is 2. The van der Waals surface area contributed by atoms with Gasteiger partial charge in [0.25, 0.3) is 0 Å². The van der Waals surface area contributed by atoms with Crippen molar-refractivity contribution >= 4 is 21.7 Å². The van der Waals surface area contributed by atoms with E-state index in [2.05, 4.69) is 155 Å². The van der Waals surface area contributed by atoms with Crippen LogP contribution < -0.4 is 0 Å². The van der Waals surface area contributed by atoms with E-state index in [0.29, 0.717) is 0 Å². The second-order valence-electron chi connectivity index (χ2n) is 13.7. The Morgan fingerprint density at radius 1 is 0.511 bits per heavy atom. The van der Waals surface area contributed by atoms with Gasteiger partial charge in [-0.3, -0.25) is 0 Å². The molecule has 0 saturated heterocycles. The summed E-state index contributed by atoms with van der Waals surface area (Å²) in [4.78, 5) is 10.9. The van der Waals surface area contributed by atoms with Gasteiger partial charge in [0.05, 0.1) is 17.1 Å². The normalized spacial score (nSPS) is 17.0. The van der Waals surface area contributed by atoms with Gasteiger partial charge >= 0.3 is 0 Å². The minimum Gasteiger partial charge on any atom is -0.232 e. The lowest BCUT2D eigenvalue weighted by molar-refractivity contribution is 0.297. The maximum Gasteiger partial charge on any atom is 0.141 e. The molecule has 0 amide bonds. The molecule has 9 rings (SSSR count). The number of aromatic nitrogens is 2. The molecule has 0 spiro atoms. The summed E-state index contributed by atoms with van der Waals surface area (Å²) in [5.74, 6) is 0.769. The zero-order valence-corrected chi connectivity index (χ0v) is 26.1. The third-order valence-corrected chi connectivity index (χ3v) is 11.1. The molecule has 0 bridgehead atoms. The smallest absolute Gasteiger partial charge is 0.141 e. The second kappa shape index (κ2) is 9.22. The molecule has 0 fully saturated rings. The van der Waals surface area contributed by atoms with Crippen LogP contribution in [-0.2, 0) is 10.8 Å². The molecule has 7 aromatic rings. The van der Waals surface area contributed by atoms with Crippen molar-refractivity contribution in [3.63, 3.8) is 0 Å². The molecule has 2 aliphatic carbocycles. The van der Waals surface area contributed by atoms with E-state index in [1.54, 1.807) is 0 Å². The predicted molar refractivity (Wildman–Crippen MR) is 187 cm³/mol. The largest absolute Gasteiger partial charge is 0.232 e. The van der Waals surface area contributed by atoms with Crippen molar-refractivity contribution in [2.45, 2.75) is 44.4 Å². The van der Waals surface area contributed by atoms with E-state index >= 15 is 0 Å². The number of para-hydroxylation sites is 1. The SMILES string of the molecule is CC1(C)c2ccccc2-c2c(c3c(c4ccccc24)-c2ccccc2C3c2nc(-c3ccccc3)c3ccccc3n2)C1(C)C. The highest BCUT2D eigenvalue weighted by Crippen LogP contribution is 2.62. The standard InChI is InChI=1S/C43H34N2/c1-42(2)33-24-14-12-22-31(33)36-29-20-10-8-18-27(29)35-28-19-9-11-21-30(28)37(38(35)39(36)43(42,3)4)41-44-34-25-15-13-23-32(34)40(45-41)26-16-6-5-7-17-26/h5-25,37H,1-4H3. The molecule has 45 heavy (non-hydrogen) atoms. The molecule has 2 heteroatoms. The van der Waals surface area contributed by atoms with Gasteiger partial charge < -0.3 is 0 Å². The fourth-order valence-corrected chi connectivity index (χ4v) is 8.30. The summed E-state index contributed by atoms with van der Waals surface area (Å²) in [6.45, 7) is 9.75. The van der Waals surface area contributed by atoms with Crippen LogP contribution in [0.1, 0.15) is 61.7 Å². The topological polar surface area (TPSA) is 25.8 Å². The van der Waals surface area contributed by atoms with E-state index in [1.807, 2.05) is 0 Å². The lowest BCUT2D eigenvalue weighted by Gasteiger charge is -2.50. The summed E-state index contributed by atoms with van der Waals surface area (Å²) in [7, 11) is 0. The van der Waals surface area contributed by atoms with Crippen LogP contribution in [0.5, 0.6) is 0 Å². The van der Waals surface area contributed by atoms with Crippen LogP contribution in [0, 0.1) is 0 Å². The quantitative estimate of drug-likeness (QED) is 0.204. The number of rotatable bonds is 2. The molecule has 6 aromatic carbocycles. The minimum atomic E-state index is -0.176. The second-order valence-corrected chi connectivity index (χ2v) is 13.7. The predicted octanol–water partition coefficient (Wildman–Crippen LogP) is 10.8. The average molecular weight is 579 g/mol. The zero-order valence-electron chi connectivity index (χ0n) is 26.1. The third-order valence-electron chi connectivity index (χ3n) is 11.1. The molecular weight excluding hydrogens is 544 g/mol. The fraction of sp³-hybridized carbons (Fsp3) is 0.163. The molecule has 2 aliphatic rings. The van der Waals surface area contributed by atoms with E-state index in [0.717, 1.165) is 28.0 Å². The number of benzene rings is 6. The van der Waals surface area contributed by atoms with E-state index in [9.17, 15) is 0 Å². The zero-order chi connectivity index (χ0) is 30.5. The summed E-state index contributed by atoms with van der Waals surface area (Å²) in [5, 5.41) is 3.70. The van der Waals surface area contributed by atoms with Crippen molar-refractivity contribution in [1.82, 2.24) is 9.97 Å². The Morgan fingerprint density at radius 3 is 1.89 bits per heavy atom. The highest BCUT2D eigenvalue weighted by molar-refractivity contribution is 6.12. The number of hydrogen-bond donors (Lipinski definition) is 0. The lowest BCUT2D eigenvalue weighted by Crippen LogP contribution is -2.44. The number of hydrogen-bond acceptors (Lipinski definition) is 2. The maximum absolute atomic E-state index is 5.50. The van der Waals surface area contributed by atoms with Crippen LogP contribution >= 0.6 is 0 Å². The van der Waals surface area contributed by atoms with Gasteiger partial charge in [0.1, 0.15) is 5.82 Å². The van der Waals surface area contributed by atoms with Crippen LogP contribution in [0.4, 0.5) is 0 Å². The monoisotopic (exact) mass is 578 g/mol. The van der Waals surface area contributed by atoms with Crippen LogP contribution in [0.3, 0.4) is 0 Å². The summed E-state index contributed by atoms with van der Waals surface area (Å²) in [6, 6.07) is 46.1. The lowest BCUT2D eigenvalue weighted by atomic mass is 9.53. The average Bonchev–Trinajstić information content (AvgIpc) is 3.42. The summed E-state index contributed by atoms with van der Waals surface area (Å²) < 4.78 is 0. The van der Waals surface area contributed by atoms with Crippen molar-refractivity contribution in [3.05, 3.63) is 155 Å². The van der Waals surface area contributed by atoms with Crippen LogP contribution in [0.25, 0.3) is 55.2 Å². The Kier molecular flexibility index (Phi) is 5.39. The van der Waals surface area contributed by atoms with Gasteiger partial charge in [-0.25, -0.2) is 9.97 Å². The first kappa shape index (κ1) is 26.3. The Morgan fingerprint density at radius 2 is 1.11 bits per heavy atom. The van der Waals surface area contributed by atoms with E-state index in [-0.39, 0.29) is 16.7 Å². The van der Waals surface area contributed by atoms with Crippen molar-refractivity contribution in [2.75, 3.05) is 0 Å². The molecule has 216 valence electrons. The molecular formula is C43H34N2. The first-order chi connectivity index (χ1) is 21.9. The molecule has 1 unspecified atom stereocenters. The van der Waals surface area contributed by atoms with Crippen molar-refractivity contribution < 1.29 is 0 Å². The summed E-state index contributed by atoms with van der Waals surface area (Å²) >= 11 is 0. The van der Waals surface area contributed by atoms with E-state index < -0.39 is 0 Å². The Hall–Kier alpha value is -5.08. The Balaban J connectivity index is 1.47. The summed E-state index contributed by atoms with van der Waals surface area (Å²) in [6.07, 6.45) is 0. The first-order valence-corrected chi connectivity index (χ1v) is 16.0. The van der Waals surface area contributed by atoms with Crippen molar-refractivity contribution in [3.8, 4) is 33.5 Å². The maximum atomic E-state index is 5.50. The molecule has 0 saturated carbocycles. The molecule has 1 atom stereocenters. The van der Waals surface area contributed by atoms with Gasteiger partial charge in [-0.05, 0) is 72.2 Å². The van der Waals surface area contributed by atoms with Gasteiger partial charge in [0, 0.05) is 10.9 Å². The first-order valence-electron chi connectivity index (χ1n) is 16.0. The third kappa shape index (κ3) is 3.45. The van der Waals surface area contributed by atoms with Crippen LogP contribution in [0.15, 0.2) is 127 Å². The molecule has 2 nitrogen and oxygen atoms in total. The molecule has 1 heterocycles. The van der Waals surface area contributed by atoms with Crippen molar-refractivity contribution in [2.24, 2.45) is 0 Å². The Bertz CT molecular complexity index is 2330. The summed E-state index contributed by atoms with van der Waals surface area (Å²) in [5.41, 5.74) is 13.6. The highest BCUT2D eigenvalue weighted by Gasteiger charge is 2.50. The van der Waals surface area contributed by atoms with Crippen LogP contribution in [0.2, 0.25) is 0 Å². The van der Waals surface area contributed by atoms with Gasteiger partial charge in [-0.15, -0.1) is 0 Å². The fourth-order valence-electron chi connectivity index (χ4n) is 8.30. The molecule has 1 aromatic heterocycles. The molecule has 0 aliphatic heterocycles. The van der Waals surface area contributed by atoms with E-state index in [4.69, 9.17) is 9.97 Å². The van der Waals surface area contributed by atoms with Gasteiger partial charge in [-0.1, -0.05) is 149 Å². The Labute approximate surface area is 264 Å². The van der Waals surface area contributed by atoms with Crippen LogP contribution in [-0.4, -0.2) is 9.97 Å². The van der Waals surface area contributed by atoms with Crippen molar-refractivity contribution in [1.29, 1.82) is 0 Å². The molecule has 0 radical (unpaired) electrons. The van der Waals surface area contributed by atoms with Gasteiger partial charge in [0.15, 0.2) is 0 Å². The van der Waals surface area contributed by atoms with Gasteiger partial charge in [0.2, 0.25) is 0 Å².